The lowest BCUT2D eigenvalue weighted by molar-refractivity contribution is -0.114. The van der Waals surface area contributed by atoms with Crippen molar-refractivity contribution in [3.63, 3.8) is 0 Å². The lowest BCUT2D eigenvalue weighted by Gasteiger charge is -2.10. The maximum Gasteiger partial charge on any atom is 0.341 e. The van der Waals surface area contributed by atoms with Crippen molar-refractivity contribution >= 4 is 39.8 Å². The summed E-state index contributed by atoms with van der Waals surface area (Å²) in [5.41, 5.74) is 3.73. The Balaban J connectivity index is 2.20. The molecule has 1 aromatic heterocycles. The molecule has 3 N–H and O–H groups in total. The minimum Gasteiger partial charge on any atom is -0.462 e. The van der Waals surface area contributed by atoms with Gasteiger partial charge < -0.3 is 20.7 Å². The molecule has 1 heterocycles. The fourth-order valence-electron chi connectivity index (χ4n) is 2.81. The van der Waals surface area contributed by atoms with Gasteiger partial charge in [-0.3, -0.25) is 9.59 Å². The molecular weight excluding hydrogens is 378 g/mol. The Labute approximate surface area is 168 Å². The summed E-state index contributed by atoms with van der Waals surface area (Å²) in [4.78, 5) is 37.2. The van der Waals surface area contributed by atoms with Crippen LogP contribution >= 0.6 is 11.3 Å². The maximum absolute atomic E-state index is 12.4. The number of ether oxygens (including phenoxy) is 1. The predicted molar refractivity (Wildman–Crippen MR) is 111 cm³/mol. The molecule has 7 nitrogen and oxygen atoms in total. The van der Waals surface area contributed by atoms with Gasteiger partial charge in [0.05, 0.1) is 23.6 Å². The Morgan fingerprint density at radius 3 is 2.29 bits per heavy atom. The molecule has 0 fully saturated rings. The van der Waals surface area contributed by atoms with Gasteiger partial charge in [0.1, 0.15) is 5.00 Å². The van der Waals surface area contributed by atoms with E-state index in [1.807, 2.05) is 32.0 Å². The number of hydrogen-bond donors (Lipinski definition) is 3. The number of rotatable bonds is 7. The fourth-order valence-corrected chi connectivity index (χ4v) is 3.97. The Morgan fingerprint density at radius 2 is 1.71 bits per heavy atom. The number of anilines is 2. The van der Waals surface area contributed by atoms with Gasteiger partial charge in [0.25, 0.3) is 5.91 Å². The summed E-state index contributed by atoms with van der Waals surface area (Å²) in [6.07, 6.45) is 0. The average Bonchev–Trinajstić information content (AvgIpc) is 2.94. The van der Waals surface area contributed by atoms with Crippen molar-refractivity contribution in [3.8, 4) is 0 Å². The van der Waals surface area contributed by atoms with Crippen LogP contribution in [0.1, 0.15) is 43.6 Å². The molecule has 2 aromatic rings. The van der Waals surface area contributed by atoms with Gasteiger partial charge in [0.2, 0.25) is 5.91 Å². The highest BCUT2D eigenvalue weighted by atomic mass is 32.1. The number of nitrogens with one attached hydrogen (secondary N) is 3. The number of aryl methyl sites for hydroxylation is 2. The summed E-state index contributed by atoms with van der Waals surface area (Å²) in [6, 6.07) is 5.94. The van der Waals surface area contributed by atoms with Gasteiger partial charge >= 0.3 is 5.97 Å². The van der Waals surface area contributed by atoms with E-state index in [2.05, 4.69) is 16.0 Å². The Kier molecular flexibility index (Phi) is 7.17. The lowest BCUT2D eigenvalue weighted by Crippen LogP contribution is -2.22. The van der Waals surface area contributed by atoms with Crippen molar-refractivity contribution in [2.75, 3.05) is 30.8 Å². The van der Waals surface area contributed by atoms with Crippen LogP contribution < -0.4 is 16.0 Å². The molecule has 0 radical (unpaired) electrons. The number of carbonyl (C=O) groups excluding carboxylic acids is 3. The van der Waals surface area contributed by atoms with Gasteiger partial charge in [-0.05, 0) is 56.5 Å². The van der Waals surface area contributed by atoms with E-state index in [-0.39, 0.29) is 30.5 Å². The maximum atomic E-state index is 12.4. The van der Waals surface area contributed by atoms with E-state index in [1.165, 1.54) is 7.05 Å². The van der Waals surface area contributed by atoms with E-state index >= 15 is 0 Å². The van der Waals surface area contributed by atoms with Crippen LogP contribution in [0, 0.1) is 20.8 Å². The largest absolute Gasteiger partial charge is 0.462 e. The molecule has 28 heavy (non-hydrogen) atoms. The van der Waals surface area contributed by atoms with Crippen LogP contribution in [-0.4, -0.2) is 38.0 Å². The van der Waals surface area contributed by atoms with Crippen LogP contribution in [-0.2, 0) is 9.53 Å². The van der Waals surface area contributed by atoms with Gasteiger partial charge in [0.15, 0.2) is 0 Å². The molecular formula is C20H25N3O4S. The van der Waals surface area contributed by atoms with Gasteiger partial charge in [-0.25, -0.2) is 4.79 Å². The average molecular weight is 404 g/mol. The number of esters is 1. The molecule has 0 saturated heterocycles. The van der Waals surface area contributed by atoms with Gasteiger partial charge in [-0.15, -0.1) is 11.3 Å². The van der Waals surface area contributed by atoms with Crippen LogP contribution in [0.15, 0.2) is 18.2 Å². The highest BCUT2D eigenvalue weighted by Gasteiger charge is 2.26. The Hall–Kier alpha value is -2.87. The van der Waals surface area contributed by atoms with Crippen molar-refractivity contribution in [1.82, 2.24) is 5.32 Å². The smallest absolute Gasteiger partial charge is 0.341 e. The van der Waals surface area contributed by atoms with Crippen molar-refractivity contribution in [1.29, 1.82) is 0 Å². The van der Waals surface area contributed by atoms with E-state index in [0.29, 0.717) is 15.4 Å². The summed E-state index contributed by atoms with van der Waals surface area (Å²) >= 11 is 1.06. The minimum atomic E-state index is -0.566. The van der Waals surface area contributed by atoms with Crippen molar-refractivity contribution in [3.05, 3.63) is 45.3 Å². The fraction of sp³-hybridized carbons (Fsp3) is 0.350. The third-order valence-electron chi connectivity index (χ3n) is 3.99. The molecule has 1 aromatic carbocycles. The molecule has 0 aliphatic heterocycles. The summed E-state index contributed by atoms with van der Waals surface area (Å²) in [5.74, 6) is -1.21. The van der Waals surface area contributed by atoms with Gasteiger partial charge in [-0.2, -0.15) is 0 Å². The van der Waals surface area contributed by atoms with Crippen LogP contribution in [0.25, 0.3) is 0 Å². The highest BCUT2D eigenvalue weighted by molar-refractivity contribution is 7.18. The monoisotopic (exact) mass is 403 g/mol. The van der Waals surface area contributed by atoms with Gasteiger partial charge in [-0.1, -0.05) is 6.07 Å². The lowest BCUT2D eigenvalue weighted by atomic mass is 10.1. The summed E-state index contributed by atoms with van der Waals surface area (Å²) < 4.78 is 5.08. The normalized spacial score (nSPS) is 10.3. The molecule has 0 unspecified atom stereocenters. The third-order valence-corrected chi connectivity index (χ3v) is 5.19. The second-order valence-electron chi connectivity index (χ2n) is 6.34. The molecule has 150 valence electrons. The van der Waals surface area contributed by atoms with Crippen LogP contribution in [0.4, 0.5) is 10.7 Å². The molecule has 0 saturated carbocycles. The molecule has 2 rings (SSSR count). The third kappa shape index (κ3) is 5.10. The molecule has 0 aliphatic rings. The Morgan fingerprint density at radius 1 is 1.07 bits per heavy atom. The zero-order valence-corrected chi connectivity index (χ0v) is 17.5. The van der Waals surface area contributed by atoms with Crippen molar-refractivity contribution in [2.24, 2.45) is 0 Å². The van der Waals surface area contributed by atoms with Crippen LogP contribution in [0.5, 0.6) is 0 Å². The second-order valence-corrected chi connectivity index (χ2v) is 7.36. The Bertz CT molecular complexity index is 885. The summed E-state index contributed by atoms with van der Waals surface area (Å²) in [6.45, 7) is 7.56. The molecule has 8 heteroatoms. The van der Waals surface area contributed by atoms with Gasteiger partial charge in [0, 0.05) is 12.7 Å². The van der Waals surface area contributed by atoms with Crippen molar-refractivity contribution in [2.45, 2.75) is 27.7 Å². The van der Waals surface area contributed by atoms with E-state index in [1.54, 1.807) is 13.8 Å². The summed E-state index contributed by atoms with van der Waals surface area (Å²) in [7, 11) is 1.51. The number of amides is 2. The predicted octanol–water partition coefficient (Wildman–Crippen LogP) is 3.26. The number of carbonyl (C=O) groups is 3. The second kappa shape index (κ2) is 9.36. The standard InChI is InChI=1S/C20H25N3O4S/c1-6-27-20(26)16-13(4)17(18(25)21-5)28-19(16)23-15(24)10-22-14-8-11(2)7-12(3)9-14/h7-9,22H,6,10H2,1-5H3,(H,21,25)(H,23,24). The molecule has 0 aliphatic carbocycles. The molecule has 0 bridgehead atoms. The number of benzene rings is 1. The van der Waals surface area contributed by atoms with E-state index < -0.39 is 5.97 Å². The summed E-state index contributed by atoms with van der Waals surface area (Å²) in [5, 5.41) is 8.64. The molecule has 2 amide bonds. The highest BCUT2D eigenvalue weighted by Crippen LogP contribution is 2.33. The number of thiophene rings is 1. The van der Waals surface area contributed by atoms with E-state index in [4.69, 9.17) is 4.74 Å². The van der Waals surface area contributed by atoms with Crippen molar-refractivity contribution < 1.29 is 19.1 Å². The zero-order chi connectivity index (χ0) is 20.8. The molecule has 0 spiro atoms. The van der Waals surface area contributed by atoms with E-state index in [0.717, 1.165) is 28.2 Å². The number of hydrogen-bond acceptors (Lipinski definition) is 6. The zero-order valence-electron chi connectivity index (χ0n) is 16.7. The topological polar surface area (TPSA) is 96.5 Å². The first-order valence-corrected chi connectivity index (χ1v) is 9.73. The van der Waals surface area contributed by atoms with Crippen LogP contribution in [0.2, 0.25) is 0 Å². The van der Waals surface area contributed by atoms with E-state index in [9.17, 15) is 14.4 Å². The van der Waals surface area contributed by atoms with Crippen LogP contribution in [0.3, 0.4) is 0 Å². The minimum absolute atomic E-state index is 0.0252. The first kappa shape index (κ1) is 21.4. The first-order valence-electron chi connectivity index (χ1n) is 8.91. The SMILES string of the molecule is CCOC(=O)c1c(NC(=O)CNc2cc(C)cc(C)c2)sc(C(=O)NC)c1C. The first-order chi connectivity index (χ1) is 13.3. The molecule has 0 atom stereocenters. The quantitative estimate of drug-likeness (QED) is 0.617.